The molecule has 1 unspecified atom stereocenters. The number of aliphatic hydroxyl groups excluding tert-OH is 1. The fourth-order valence-electron chi connectivity index (χ4n) is 1.42. The van der Waals surface area contributed by atoms with Gasteiger partial charge in [-0.05, 0) is 42.5 Å². The van der Waals surface area contributed by atoms with Crippen molar-refractivity contribution in [3.63, 3.8) is 0 Å². The minimum atomic E-state index is -0.586. The molecule has 84 valence electrons. The first-order valence-electron chi connectivity index (χ1n) is 5.13. The zero-order valence-electron chi connectivity index (χ0n) is 9.00. The Kier molecular flexibility index (Phi) is 4.74. The van der Waals surface area contributed by atoms with Gasteiger partial charge in [0.2, 0.25) is 0 Å². The summed E-state index contributed by atoms with van der Waals surface area (Å²) in [5, 5.41) is 9.88. The molecule has 0 heterocycles. The summed E-state index contributed by atoms with van der Waals surface area (Å²) in [5.74, 6) is 0.240. The number of aliphatic hydroxyl groups is 1. The molecule has 0 aliphatic heterocycles. The lowest BCUT2D eigenvalue weighted by Crippen LogP contribution is -2.01. The van der Waals surface area contributed by atoms with Crippen molar-refractivity contribution in [3.05, 3.63) is 34.1 Å². The third-order valence-electron chi connectivity index (χ3n) is 2.33. The second-order valence-corrected chi connectivity index (χ2v) is 5.01. The average Bonchev–Trinajstić information content (AvgIpc) is 2.18. The molecule has 0 aromatic heterocycles. The fraction of sp³-hybridized carbons (Fsp3) is 0.500. The Bertz CT molecular complexity index is 325. The van der Waals surface area contributed by atoms with Crippen molar-refractivity contribution in [1.82, 2.24) is 0 Å². The zero-order chi connectivity index (χ0) is 11.4. The highest BCUT2D eigenvalue weighted by molar-refractivity contribution is 9.10. The molecule has 1 rings (SSSR count). The van der Waals surface area contributed by atoms with Gasteiger partial charge in [-0.2, -0.15) is 0 Å². The SMILES string of the molecule is CC(C)CCC(O)c1cc(F)ccc1Br. The fourth-order valence-corrected chi connectivity index (χ4v) is 1.93. The maximum atomic E-state index is 13.0. The molecule has 15 heavy (non-hydrogen) atoms. The predicted molar refractivity (Wildman–Crippen MR) is 63.1 cm³/mol. The van der Waals surface area contributed by atoms with Gasteiger partial charge in [0.25, 0.3) is 0 Å². The van der Waals surface area contributed by atoms with Gasteiger partial charge in [0.1, 0.15) is 5.82 Å². The van der Waals surface area contributed by atoms with Gasteiger partial charge < -0.3 is 5.11 Å². The van der Waals surface area contributed by atoms with Crippen molar-refractivity contribution in [2.24, 2.45) is 5.92 Å². The van der Waals surface area contributed by atoms with Gasteiger partial charge in [-0.1, -0.05) is 29.8 Å². The van der Waals surface area contributed by atoms with Crippen LogP contribution in [-0.4, -0.2) is 5.11 Å². The van der Waals surface area contributed by atoms with E-state index >= 15 is 0 Å². The molecule has 1 aromatic carbocycles. The van der Waals surface area contributed by atoms with Gasteiger partial charge in [0.15, 0.2) is 0 Å². The molecule has 0 radical (unpaired) electrons. The number of benzene rings is 1. The Morgan fingerprint density at radius 2 is 2.00 bits per heavy atom. The normalized spacial score (nSPS) is 13.2. The standard InChI is InChI=1S/C12H16BrFO/c1-8(2)3-6-12(15)10-7-9(14)4-5-11(10)13/h4-5,7-8,12,15H,3,6H2,1-2H3. The zero-order valence-corrected chi connectivity index (χ0v) is 10.6. The molecule has 0 amide bonds. The van der Waals surface area contributed by atoms with E-state index in [1.54, 1.807) is 6.07 Å². The molecular weight excluding hydrogens is 259 g/mol. The highest BCUT2D eigenvalue weighted by Gasteiger charge is 2.12. The van der Waals surface area contributed by atoms with E-state index in [1.165, 1.54) is 12.1 Å². The van der Waals surface area contributed by atoms with Gasteiger partial charge in [0, 0.05) is 4.47 Å². The Morgan fingerprint density at radius 1 is 1.33 bits per heavy atom. The Labute approximate surface area is 98.4 Å². The number of halogens is 2. The maximum absolute atomic E-state index is 13.0. The molecule has 0 aliphatic rings. The molecule has 0 aliphatic carbocycles. The molecule has 0 fully saturated rings. The van der Waals surface area contributed by atoms with E-state index in [0.29, 0.717) is 17.9 Å². The van der Waals surface area contributed by atoms with E-state index in [1.807, 2.05) is 0 Å². The van der Waals surface area contributed by atoms with E-state index < -0.39 is 6.10 Å². The minimum Gasteiger partial charge on any atom is -0.388 e. The highest BCUT2D eigenvalue weighted by atomic mass is 79.9. The number of rotatable bonds is 4. The van der Waals surface area contributed by atoms with Crippen LogP contribution in [0.4, 0.5) is 4.39 Å². The molecule has 0 spiro atoms. The van der Waals surface area contributed by atoms with Crippen LogP contribution in [0.2, 0.25) is 0 Å². The van der Waals surface area contributed by atoms with Crippen LogP contribution in [0.15, 0.2) is 22.7 Å². The molecule has 1 aromatic rings. The number of hydrogen-bond acceptors (Lipinski definition) is 1. The lowest BCUT2D eigenvalue weighted by atomic mass is 10.00. The van der Waals surface area contributed by atoms with Crippen LogP contribution in [-0.2, 0) is 0 Å². The maximum Gasteiger partial charge on any atom is 0.123 e. The largest absolute Gasteiger partial charge is 0.388 e. The van der Waals surface area contributed by atoms with Crippen LogP contribution in [0.5, 0.6) is 0 Å². The van der Waals surface area contributed by atoms with E-state index in [9.17, 15) is 9.50 Å². The minimum absolute atomic E-state index is 0.309. The Morgan fingerprint density at radius 3 is 2.60 bits per heavy atom. The summed E-state index contributed by atoms with van der Waals surface area (Å²) in [6.07, 6.45) is 1.02. The molecule has 1 N–H and O–H groups in total. The smallest absolute Gasteiger partial charge is 0.123 e. The summed E-state index contributed by atoms with van der Waals surface area (Å²) in [5.41, 5.74) is 0.635. The molecule has 0 bridgehead atoms. The first kappa shape index (κ1) is 12.7. The monoisotopic (exact) mass is 274 g/mol. The summed E-state index contributed by atoms with van der Waals surface area (Å²) in [6.45, 7) is 4.21. The van der Waals surface area contributed by atoms with Crippen molar-refractivity contribution in [2.75, 3.05) is 0 Å². The van der Waals surface area contributed by atoms with E-state index in [0.717, 1.165) is 10.9 Å². The lowest BCUT2D eigenvalue weighted by molar-refractivity contribution is 0.158. The number of hydrogen-bond donors (Lipinski definition) is 1. The summed E-state index contributed by atoms with van der Waals surface area (Å²) in [7, 11) is 0. The van der Waals surface area contributed by atoms with Gasteiger partial charge in [0.05, 0.1) is 6.10 Å². The molecule has 0 saturated carbocycles. The molecule has 3 heteroatoms. The molecular formula is C12H16BrFO. The second kappa shape index (κ2) is 5.61. The van der Waals surface area contributed by atoms with Crippen LogP contribution >= 0.6 is 15.9 Å². The van der Waals surface area contributed by atoms with Crippen molar-refractivity contribution >= 4 is 15.9 Å². The summed E-state index contributed by atoms with van der Waals surface area (Å²) >= 11 is 3.31. The summed E-state index contributed by atoms with van der Waals surface area (Å²) in [4.78, 5) is 0. The second-order valence-electron chi connectivity index (χ2n) is 4.15. The van der Waals surface area contributed by atoms with Crippen molar-refractivity contribution in [1.29, 1.82) is 0 Å². The van der Waals surface area contributed by atoms with Crippen LogP contribution in [0.3, 0.4) is 0 Å². The topological polar surface area (TPSA) is 20.2 Å². The first-order chi connectivity index (χ1) is 7.00. The molecule has 1 atom stereocenters. The predicted octanol–water partition coefficient (Wildman–Crippen LogP) is 4.06. The summed E-state index contributed by atoms with van der Waals surface area (Å²) < 4.78 is 13.7. The quantitative estimate of drug-likeness (QED) is 0.878. The average molecular weight is 275 g/mol. The van der Waals surface area contributed by atoms with Crippen LogP contribution in [0.1, 0.15) is 38.4 Å². The third kappa shape index (κ3) is 3.92. The molecule has 0 saturated heterocycles. The highest BCUT2D eigenvalue weighted by Crippen LogP contribution is 2.28. The van der Waals surface area contributed by atoms with Crippen molar-refractivity contribution in [2.45, 2.75) is 32.8 Å². The van der Waals surface area contributed by atoms with E-state index in [-0.39, 0.29) is 5.82 Å². The van der Waals surface area contributed by atoms with Gasteiger partial charge in [-0.15, -0.1) is 0 Å². The Balaban J connectivity index is 2.72. The Hall–Kier alpha value is -0.410. The van der Waals surface area contributed by atoms with Crippen LogP contribution in [0.25, 0.3) is 0 Å². The van der Waals surface area contributed by atoms with E-state index in [2.05, 4.69) is 29.8 Å². The van der Waals surface area contributed by atoms with Crippen molar-refractivity contribution < 1.29 is 9.50 Å². The van der Waals surface area contributed by atoms with Crippen molar-refractivity contribution in [3.8, 4) is 0 Å². The molecule has 1 nitrogen and oxygen atoms in total. The first-order valence-corrected chi connectivity index (χ1v) is 5.93. The van der Waals surface area contributed by atoms with Crippen LogP contribution < -0.4 is 0 Å². The van der Waals surface area contributed by atoms with E-state index in [4.69, 9.17) is 0 Å². The van der Waals surface area contributed by atoms with Crippen LogP contribution in [0, 0.1) is 11.7 Å². The van der Waals surface area contributed by atoms with Gasteiger partial charge >= 0.3 is 0 Å². The van der Waals surface area contributed by atoms with Gasteiger partial charge in [-0.25, -0.2) is 4.39 Å². The van der Waals surface area contributed by atoms with Gasteiger partial charge in [-0.3, -0.25) is 0 Å². The third-order valence-corrected chi connectivity index (χ3v) is 3.06. The lowest BCUT2D eigenvalue weighted by Gasteiger charge is -2.14. The summed E-state index contributed by atoms with van der Waals surface area (Å²) in [6, 6.07) is 4.39.